The van der Waals surface area contributed by atoms with Gasteiger partial charge < -0.3 is 15.9 Å². The van der Waals surface area contributed by atoms with Gasteiger partial charge >= 0.3 is 5.69 Å². The van der Waals surface area contributed by atoms with E-state index in [0.717, 1.165) is 0 Å². The van der Waals surface area contributed by atoms with Crippen molar-refractivity contribution in [1.29, 1.82) is 0 Å². The molecule has 1 atom stereocenters. The Labute approximate surface area is 104 Å². The van der Waals surface area contributed by atoms with Gasteiger partial charge in [-0.3, -0.25) is 10.1 Å². The van der Waals surface area contributed by atoms with Crippen LogP contribution in [0.4, 0.5) is 5.69 Å². The van der Waals surface area contributed by atoms with Crippen LogP contribution in [0.2, 0.25) is 5.02 Å². The summed E-state index contributed by atoms with van der Waals surface area (Å²) in [5.74, 6) is -0.625. The second kappa shape index (κ2) is 4.96. The first kappa shape index (κ1) is 13.2. The summed E-state index contributed by atoms with van der Waals surface area (Å²) in [6.45, 7) is -0.446. The Hall–Kier alpha value is -0.890. The molecule has 0 aromatic heterocycles. The molecule has 88 valence electrons. The van der Waals surface area contributed by atoms with Gasteiger partial charge in [-0.15, -0.1) is 0 Å². The van der Waals surface area contributed by atoms with Crippen molar-refractivity contribution in [3.8, 4) is 5.75 Å². The zero-order chi connectivity index (χ0) is 12.5. The Morgan fingerprint density at radius 2 is 2.25 bits per heavy atom. The fourth-order valence-corrected chi connectivity index (χ4v) is 1.82. The third-order valence-electron chi connectivity index (χ3n) is 1.98. The summed E-state index contributed by atoms with van der Waals surface area (Å²) in [5, 5.41) is 29.0. The van der Waals surface area contributed by atoms with Crippen molar-refractivity contribution < 1.29 is 15.1 Å². The number of rotatable bonds is 3. The smallest absolute Gasteiger partial charge is 0.330 e. The summed E-state index contributed by atoms with van der Waals surface area (Å²) in [6.07, 6.45) is 0. The maximum atomic E-state index is 10.7. The van der Waals surface area contributed by atoms with Crippen LogP contribution in [-0.2, 0) is 0 Å². The molecule has 0 aliphatic rings. The number of phenols is 1. The van der Waals surface area contributed by atoms with E-state index in [4.69, 9.17) is 22.4 Å². The highest BCUT2D eigenvalue weighted by Gasteiger charge is 2.26. The quantitative estimate of drug-likeness (QED) is 0.581. The number of phenolic OH excluding ortho intramolecular Hbond substituents is 1. The van der Waals surface area contributed by atoms with E-state index < -0.39 is 29.0 Å². The van der Waals surface area contributed by atoms with Gasteiger partial charge in [0.2, 0.25) is 5.75 Å². The molecule has 0 radical (unpaired) electrons. The second-order valence-electron chi connectivity index (χ2n) is 3.00. The second-order valence-corrected chi connectivity index (χ2v) is 4.24. The summed E-state index contributed by atoms with van der Waals surface area (Å²) in [5.41, 5.74) is 4.92. The molecule has 1 rings (SSSR count). The van der Waals surface area contributed by atoms with Gasteiger partial charge in [0.05, 0.1) is 17.6 Å². The predicted molar refractivity (Wildman–Crippen MR) is 61.5 cm³/mol. The Morgan fingerprint density at radius 3 is 2.69 bits per heavy atom. The maximum absolute atomic E-state index is 10.7. The number of aliphatic hydroxyl groups excluding tert-OH is 1. The summed E-state index contributed by atoms with van der Waals surface area (Å²) >= 11 is 8.67. The van der Waals surface area contributed by atoms with Crippen molar-refractivity contribution in [2.75, 3.05) is 6.61 Å². The fraction of sp³-hybridized carbons (Fsp3) is 0.250. The Balaban J connectivity index is 3.50. The first-order chi connectivity index (χ1) is 7.40. The van der Waals surface area contributed by atoms with Crippen LogP contribution in [0.1, 0.15) is 11.6 Å². The van der Waals surface area contributed by atoms with E-state index in [1.54, 1.807) is 0 Å². The van der Waals surface area contributed by atoms with Crippen LogP contribution in [0, 0.1) is 10.1 Å². The predicted octanol–water partition coefficient (Wildman–Crippen LogP) is 1.71. The van der Waals surface area contributed by atoms with Crippen LogP contribution in [0.3, 0.4) is 0 Å². The van der Waals surface area contributed by atoms with Gasteiger partial charge in [0.1, 0.15) is 5.02 Å². The van der Waals surface area contributed by atoms with Gasteiger partial charge in [0.25, 0.3) is 0 Å². The number of aromatic hydroxyl groups is 1. The van der Waals surface area contributed by atoms with E-state index in [1.807, 2.05) is 0 Å². The average Bonchev–Trinajstić information content (AvgIpc) is 2.22. The number of nitrogens with zero attached hydrogens (tertiary/aromatic N) is 1. The highest BCUT2D eigenvalue weighted by Crippen LogP contribution is 2.43. The minimum absolute atomic E-state index is 0.0606. The zero-order valence-corrected chi connectivity index (χ0v) is 10.2. The van der Waals surface area contributed by atoms with E-state index in [1.165, 1.54) is 6.07 Å². The molecule has 16 heavy (non-hydrogen) atoms. The van der Waals surface area contributed by atoms with Crippen molar-refractivity contribution in [2.45, 2.75) is 6.04 Å². The molecular weight excluding hydrogens is 303 g/mol. The number of nitrogens with two attached hydrogens (primary N) is 1. The summed E-state index contributed by atoms with van der Waals surface area (Å²) < 4.78 is 0.234. The monoisotopic (exact) mass is 310 g/mol. The normalized spacial score (nSPS) is 12.5. The van der Waals surface area contributed by atoms with Crippen molar-refractivity contribution in [3.05, 3.63) is 31.2 Å². The standard InChI is InChI=1S/C8H8BrClN2O4/c9-4-1-3(5(11)2-13)8(14)7(6(4)10)12(15)16/h1,5,13-14H,2,11H2/t5-/m0/s1. The van der Waals surface area contributed by atoms with Gasteiger partial charge in [0.15, 0.2) is 0 Å². The van der Waals surface area contributed by atoms with E-state index in [9.17, 15) is 15.2 Å². The van der Waals surface area contributed by atoms with Crippen molar-refractivity contribution in [1.82, 2.24) is 0 Å². The highest BCUT2D eigenvalue weighted by molar-refractivity contribution is 9.10. The lowest BCUT2D eigenvalue weighted by Gasteiger charge is -2.12. The van der Waals surface area contributed by atoms with Crippen LogP contribution < -0.4 is 5.73 Å². The number of aliphatic hydroxyl groups is 1. The molecule has 0 bridgehead atoms. The number of nitro groups is 1. The molecule has 0 amide bonds. The third-order valence-corrected chi connectivity index (χ3v) is 3.21. The van der Waals surface area contributed by atoms with E-state index in [0.29, 0.717) is 0 Å². The van der Waals surface area contributed by atoms with Crippen LogP contribution in [0.15, 0.2) is 10.5 Å². The van der Waals surface area contributed by atoms with Gasteiger partial charge in [-0.05, 0) is 22.0 Å². The molecule has 1 aromatic rings. The summed E-state index contributed by atoms with van der Waals surface area (Å²) in [4.78, 5) is 9.89. The molecule has 6 nitrogen and oxygen atoms in total. The molecule has 1 aromatic carbocycles. The zero-order valence-electron chi connectivity index (χ0n) is 7.85. The summed E-state index contributed by atoms with van der Waals surface area (Å²) in [6, 6.07) is 0.429. The molecular formula is C8H8BrClN2O4. The van der Waals surface area contributed by atoms with Crippen molar-refractivity contribution >= 4 is 33.2 Å². The Kier molecular flexibility index (Phi) is 4.09. The molecule has 0 saturated heterocycles. The minimum atomic E-state index is -0.910. The van der Waals surface area contributed by atoms with Gasteiger partial charge in [-0.2, -0.15) is 0 Å². The van der Waals surface area contributed by atoms with E-state index in [2.05, 4.69) is 15.9 Å². The van der Waals surface area contributed by atoms with Crippen LogP contribution in [0.25, 0.3) is 0 Å². The van der Waals surface area contributed by atoms with E-state index in [-0.39, 0.29) is 15.1 Å². The summed E-state index contributed by atoms with van der Waals surface area (Å²) in [7, 11) is 0. The van der Waals surface area contributed by atoms with Crippen LogP contribution in [0.5, 0.6) is 5.75 Å². The van der Waals surface area contributed by atoms with Crippen molar-refractivity contribution in [3.63, 3.8) is 0 Å². The van der Waals surface area contributed by atoms with Crippen LogP contribution >= 0.6 is 27.5 Å². The number of hydrogen-bond donors (Lipinski definition) is 3. The molecule has 0 aliphatic carbocycles. The largest absolute Gasteiger partial charge is 0.502 e. The molecule has 8 heteroatoms. The third kappa shape index (κ3) is 2.27. The molecule has 0 unspecified atom stereocenters. The lowest BCUT2D eigenvalue weighted by Crippen LogP contribution is -2.15. The first-order valence-corrected chi connectivity index (χ1v) is 5.29. The fourth-order valence-electron chi connectivity index (χ4n) is 1.17. The highest BCUT2D eigenvalue weighted by atomic mass is 79.9. The molecule has 4 N–H and O–H groups in total. The number of halogens is 2. The molecule has 0 fully saturated rings. The van der Waals surface area contributed by atoms with Crippen LogP contribution in [-0.4, -0.2) is 21.7 Å². The van der Waals surface area contributed by atoms with E-state index >= 15 is 0 Å². The SMILES string of the molecule is N[C@@H](CO)c1cc(Br)c(Cl)c([N+](=O)[O-])c1O. The molecule has 0 spiro atoms. The topological polar surface area (TPSA) is 110 Å². The first-order valence-electron chi connectivity index (χ1n) is 4.11. The number of hydrogen-bond acceptors (Lipinski definition) is 5. The average molecular weight is 312 g/mol. The van der Waals surface area contributed by atoms with Gasteiger partial charge in [-0.1, -0.05) is 11.6 Å². The molecule has 0 aliphatic heterocycles. The Bertz CT molecular complexity index is 441. The lowest BCUT2D eigenvalue weighted by atomic mass is 10.1. The number of nitro benzene ring substituents is 1. The van der Waals surface area contributed by atoms with Gasteiger partial charge in [0, 0.05) is 10.0 Å². The van der Waals surface area contributed by atoms with Crippen molar-refractivity contribution in [2.24, 2.45) is 5.73 Å². The Morgan fingerprint density at radius 1 is 1.69 bits per heavy atom. The lowest BCUT2D eigenvalue weighted by molar-refractivity contribution is -0.385. The number of benzene rings is 1. The minimum Gasteiger partial charge on any atom is -0.502 e. The molecule has 0 heterocycles. The van der Waals surface area contributed by atoms with Gasteiger partial charge in [-0.25, -0.2) is 0 Å². The molecule has 0 saturated carbocycles. The maximum Gasteiger partial charge on any atom is 0.330 e.